The van der Waals surface area contributed by atoms with Gasteiger partial charge in [-0.05, 0) is 0 Å². The highest BCUT2D eigenvalue weighted by Gasteiger charge is 2.09. The molecule has 0 spiro atoms. The quantitative estimate of drug-likeness (QED) is 0.518. The molecule has 0 heterocycles. The minimum Gasteiger partial charge on any atom is -0.480 e. The van der Waals surface area contributed by atoms with Crippen molar-refractivity contribution in [3.05, 3.63) is 0 Å². The minimum absolute atomic E-state index is 0.138. The Hall–Kier alpha value is -0.550. The molecule has 9 heavy (non-hydrogen) atoms. The summed E-state index contributed by atoms with van der Waals surface area (Å²) in [5.41, 5.74) is 5.60. The summed E-state index contributed by atoms with van der Waals surface area (Å²) >= 11 is 0.858. The van der Waals surface area contributed by atoms with Crippen LogP contribution in [-0.2, 0) is 9.59 Å². The summed E-state index contributed by atoms with van der Waals surface area (Å²) in [7, 11) is 0. The fourth-order valence-electron chi connectivity index (χ4n) is 0.214. The van der Waals surface area contributed by atoms with E-state index in [4.69, 9.17) is 10.8 Å². The topological polar surface area (TPSA) is 80.4 Å². The Balaban J connectivity index is 3.37. The van der Waals surface area contributed by atoms with Gasteiger partial charge in [-0.3, -0.25) is 9.59 Å². The zero-order valence-corrected chi connectivity index (χ0v) is 5.43. The van der Waals surface area contributed by atoms with E-state index in [1.807, 2.05) is 0 Å². The van der Waals surface area contributed by atoms with Crippen molar-refractivity contribution in [1.82, 2.24) is 0 Å². The van der Waals surface area contributed by atoms with Crippen molar-refractivity contribution in [1.29, 1.82) is 0 Å². The maximum absolute atomic E-state index is 9.95. The molecule has 0 saturated heterocycles. The molecule has 3 N–H and O–H groups in total. The lowest BCUT2D eigenvalue weighted by Gasteiger charge is -1.99. The Kier molecular flexibility index (Phi) is 4.08. The number of carboxylic acid groups (broad SMARTS) is 1. The van der Waals surface area contributed by atoms with E-state index in [9.17, 15) is 9.59 Å². The van der Waals surface area contributed by atoms with E-state index in [1.165, 1.54) is 0 Å². The minimum atomic E-state index is -1.08. The number of nitrogens with two attached hydrogens (primary N) is 1. The van der Waals surface area contributed by atoms with Gasteiger partial charge >= 0.3 is 5.97 Å². The summed E-state index contributed by atoms with van der Waals surface area (Å²) in [5, 5.41) is 8.15. The molecule has 0 fully saturated rings. The third-order valence-electron chi connectivity index (χ3n) is 0.661. The van der Waals surface area contributed by atoms with Crippen LogP contribution in [0.2, 0.25) is 0 Å². The summed E-state index contributed by atoms with van der Waals surface area (Å²) in [6, 6.07) is -0.930. The van der Waals surface area contributed by atoms with E-state index in [0.29, 0.717) is 5.62 Å². The van der Waals surface area contributed by atoms with Gasteiger partial charge in [0.1, 0.15) is 6.04 Å². The fraction of sp³-hybridized carbons (Fsp3) is 0.500. The molecule has 0 saturated carbocycles. The Morgan fingerprint density at radius 2 is 2.44 bits per heavy atom. The van der Waals surface area contributed by atoms with E-state index >= 15 is 0 Å². The van der Waals surface area contributed by atoms with Gasteiger partial charge in [-0.15, -0.1) is 0 Å². The highest BCUT2D eigenvalue weighted by atomic mass is 32.2. The number of rotatable bonds is 4. The van der Waals surface area contributed by atoms with E-state index < -0.39 is 12.0 Å². The summed E-state index contributed by atoms with van der Waals surface area (Å²) in [6.45, 7) is 0. The van der Waals surface area contributed by atoms with Crippen molar-refractivity contribution in [2.75, 3.05) is 5.75 Å². The summed E-state index contributed by atoms with van der Waals surface area (Å²) in [6.07, 6.45) is 0. The normalized spacial score (nSPS) is 12.6. The molecule has 1 unspecified atom stereocenters. The van der Waals surface area contributed by atoms with Crippen LogP contribution in [0.3, 0.4) is 0 Å². The van der Waals surface area contributed by atoms with Crippen LogP contribution < -0.4 is 5.73 Å². The molecular formula is C4H7NO3S. The van der Waals surface area contributed by atoms with Gasteiger partial charge in [-0.25, -0.2) is 0 Å². The number of aliphatic carboxylic acids is 1. The highest BCUT2D eigenvalue weighted by Crippen LogP contribution is 1.94. The molecule has 4 nitrogen and oxygen atoms in total. The van der Waals surface area contributed by atoms with Crippen molar-refractivity contribution in [3.8, 4) is 0 Å². The molecule has 0 aromatic heterocycles. The molecule has 5 heteroatoms. The van der Waals surface area contributed by atoms with Crippen LogP contribution in [0.5, 0.6) is 0 Å². The predicted octanol–water partition coefficient (Wildman–Crippen LogP) is -0.678. The molecule has 52 valence electrons. The maximum atomic E-state index is 9.95. The average Bonchev–Trinajstić information content (AvgIpc) is 1.82. The van der Waals surface area contributed by atoms with Gasteiger partial charge < -0.3 is 10.8 Å². The standard InChI is InChI=1S/C4H7NO3S/c5-3(4(7)8)1-9-2-6/h2-3H,1,5H2,(H,7,8). The number of hydrogen-bond acceptors (Lipinski definition) is 4. The second-order valence-corrected chi connectivity index (χ2v) is 2.23. The Morgan fingerprint density at radius 3 is 2.78 bits per heavy atom. The van der Waals surface area contributed by atoms with Gasteiger partial charge in [0.05, 0.1) is 0 Å². The molecule has 0 aliphatic heterocycles. The van der Waals surface area contributed by atoms with E-state index in [1.54, 1.807) is 0 Å². The van der Waals surface area contributed by atoms with Gasteiger partial charge in [0.15, 0.2) is 5.62 Å². The molecule has 0 rings (SSSR count). The summed E-state index contributed by atoms with van der Waals surface area (Å²) in [4.78, 5) is 19.6. The van der Waals surface area contributed by atoms with Crippen molar-refractivity contribution in [2.24, 2.45) is 5.73 Å². The average molecular weight is 149 g/mol. The highest BCUT2D eigenvalue weighted by molar-refractivity contribution is 8.11. The van der Waals surface area contributed by atoms with Gasteiger partial charge in [0.2, 0.25) is 0 Å². The zero-order chi connectivity index (χ0) is 7.28. The Morgan fingerprint density at radius 1 is 1.89 bits per heavy atom. The summed E-state index contributed by atoms with van der Waals surface area (Å²) < 4.78 is 0. The molecule has 0 radical (unpaired) electrons. The molecular weight excluding hydrogens is 142 g/mol. The molecule has 0 aromatic rings. The number of hydrogen-bond donors (Lipinski definition) is 2. The number of carbonyl (C=O) groups is 2. The van der Waals surface area contributed by atoms with Crippen LogP contribution in [-0.4, -0.2) is 28.5 Å². The first-order valence-corrected chi connectivity index (χ1v) is 3.27. The first kappa shape index (κ1) is 8.45. The van der Waals surface area contributed by atoms with Crippen LogP contribution in [0, 0.1) is 0 Å². The van der Waals surface area contributed by atoms with Gasteiger partial charge in [-0.2, -0.15) is 0 Å². The summed E-state index contributed by atoms with van der Waals surface area (Å²) in [5.74, 6) is -0.942. The van der Waals surface area contributed by atoms with Gasteiger partial charge in [0, 0.05) is 5.75 Å². The fourth-order valence-corrected chi connectivity index (χ4v) is 0.643. The van der Waals surface area contributed by atoms with Crippen molar-refractivity contribution < 1.29 is 14.7 Å². The first-order valence-electron chi connectivity index (χ1n) is 2.22. The van der Waals surface area contributed by atoms with Crippen LogP contribution in [0.1, 0.15) is 0 Å². The van der Waals surface area contributed by atoms with Crippen molar-refractivity contribution in [3.63, 3.8) is 0 Å². The zero-order valence-electron chi connectivity index (χ0n) is 4.61. The van der Waals surface area contributed by atoms with Crippen molar-refractivity contribution >= 4 is 23.3 Å². The lowest BCUT2D eigenvalue weighted by atomic mass is 10.4. The largest absolute Gasteiger partial charge is 0.480 e. The second-order valence-electron chi connectivity index (χ2n) is 1.37. The Labute approximate surface area is 56.4 Å². The van der Waals surface area contributed by atoms with Crippen LogP contribution in [0.15, 0.2) is 0 Å². The van der Waals surface area contributed by atoms with Crippen LogP contribution >= 0.6 is 11.8 Å². The van der Waals surface area contributed by atoms with Crippen LogP contribution in [0.4, 0.5) is 0 Å². The maximum Gasteiger partial charge on any atom is 0.321 e. The molecule has 0 aromatic carbocycles. The van der Waals surface area contributed by atoms with E-state index in [2.05, 4.69) is 0 Å². The molecule has 1 atom stereocenters. The lowest BCUT2D eigenvalue weighted by Crippen LogP contribution is -2.32. The second kappa shape index (κ2) is 4.34. The first-order chi connectivity index (χ1) is 4.18. The Bertz CT molecular complexity index is 116. The third-order valence-corrected chi connectivity index (χ3v) is 1.35. The third kappa shape index (κ3) is 3.99. The van der Waals surface area contributed by atoms with Crippen molar-refractivity contribution in [2.45, 2.75) is 6.04 Å². The molecule has 0 amide bonds. The van der Waals surface area contributed by atoms with E-state index in [0.717, 1.165) is 11.8 Å². The van der Waals surface area contributed by atoms with Gasteiger partial charge in [-0.1, -0.05) is 11.8 Å². The predicted molar refractivity (Wildman–Crippen MR) is 34.8 cm³/mol. The van der Waals surface area contributed by atoms with Crippen LogP contribution in [0.25, 0.3) is 0 Å². The smallest absolute Gasteiger partial charge is 0.321 e. The lowest BCUT2D eigenvalue weighted by molar-refractivity contribution is -0.137. The monoisotopic (exact) mass is 149 g/mol. The van der Waals surface area contributed by atoms with Gasteiger partial charge in [0.25, 0.3) is 0 Å². The van der Waals surface area contributed by atoms with E-state index in [-0.39, 0.29) is 5.75 Å². The molecule has 0 aliphatic rings. The number of carboxylic acids is 1. The molecule has 0 aliphatic carbocycles. The number of thioether (sulfide) groups is 1. The molecule has 0 bridgehead atoms. The number of carbonyl (C=O) groups excluding carboxylic acids is 1. The SMILES string of the molecule is NC(CSC=O)C(=O)O.